The molecule has 0 aromatic heterocycles. The van der Waals surface area contributed by atoms with Crippen LogP contribution in [0.4, 0.5) is 4.39 Å². The van der Waals surface area contributed by atoms with Crippen molar-refractivity contribution in [1.82, 2.24) is 0 Å². The summed E-state index contributed by atoms with van der Waals surface area (Å²) in [6.07, 6.45) is 0. The van der Waals surface area contributed by atoms with Crippen LogP contribution < -0.4 is 10.5 Å². The second-order valence-corrected chi connectivity index (χ2v) is 4.77. The number of hydrogen-bond donors (Lipinski definition) is 1. The maximum Gasteiger partial charge on any atom is 0.132 e. The van der Waals surface area contributed by atoms with E-state index >= 15 is 0 Å². The SMILES string of the molecule is Cc1cccc(Oc2ccc(F)cc2[C@@H](C)N)c1C. The smallest absolute Gasteiger partial charge is 0.132 e. The maximum atomic E-state index is 13.3. The summed E-state index contributed by atoms with van der Waals surface area (Å²) in [4.78, 5) is 0. The average molecular weight is 259 g/mol. The molecular formula is C16H18FNO. The van der Waals surface area contributed by atoms with Crippen LogP contribution in [0.5, 0.6) is 11.5 Å². The Morgan fingerprint density at radius 3 is 2.53 bits per heavy atom. The van der Waals surface area contributed by atoms with E-state index in [4.69, 9.17) is 10.5 Å². The molecule has 0 saturated carbocycles. The maximum absolute atomic E-state index is 13.3. The van der Waals surface area contributed by atoms with Gasteiger partial charge in [-0.3, -0.25) is 0 Å². The van der Waals surface area contributed by atoms with Crippen LogP contribution in [0, 0.1) is 19.7 Å². The van der Waals surface area contributed by atoms with Gasteiger partial charge in [-0.2, -0.15) is 0 Å². The van der Waals surface area contributed by atoms with Crippen molar-refractivity contribution in [2.75, 3.05) is 0 Å². The Kier molecular flexibility index (Phi) is 3.86. The molecule has 2 N–H and O–H groups in total. The van der Waals surface area contributed by atoms with Crippen molar-refractivity contribution in [2.24, 2.45) is 5.73 Å². The standard InChI is InChI=1S/C16H18FNO/c1-10-5-4-6-15(11(10)2)19-16-8-7-13(17)9-14(16)12(3)18/h4-9,12H,18H2,1-3H3/t12-/m1/s1. The molecule has 0 saturated heterocycles. The zero-order valence-corrected chi connectivity index (χ0v) is 11.4. The highest BCUT2D eigenvalue weighted by atomic mass is 19.1. The molecule has 0 bridgehead atoms. The number of aryl methyl sites for hydroxylation is 1. The highest BCUT2D eigenvalue weighted by molar-refractivity contribution is 5.44. The van der Waals surface area contributed by atoms with Crippen LogP contribution in [0.2, 0.25) is 0 Å². The Hall–Kier alpha value is -1.87. The summed E-state index contributed by atoms with van der Waals surface area (Å²) in [5.74, 6) is 1.07. The van der Waals surface area contributed by atoms with E-state index in [9.17, 15) is 4.39 Å². The number of halogens is 1. The summed E-state index contributed by atoms with van der Waals surface area (Å²) in [6.45, 7) is 5.84. The minimum absolute atomic E-state index is 0.282. The van der Waals surface area contributed by atoms with Gasteiger partial charge in [0.25, 0.3) is 0 Å². The normalized spacial score (nSPS) is 12.3. The van der Waals surface area contributed by atoms with E-state index in [1.54, 1.807) is 6.07 Å². The number of rotatable bonds is 3. The number of hydrogen-bond acceptors (Lipinski definition) is 2. The van der Waals surface area contributed by atoms with Crippen LogP contribution in [0.15, 0.2) is 36.4 Å². The molecule has 0 unspecified atom stereocenters. The number of ether oxygens (including phenoxy) is 1. The van der Waals surface area contributed by atoms with Crippen LogP contribution in [-0.4, -0.2) is 0 Å². The summed E-state index contributed by atoms with van der Waals surface area (Å²) in [7, 11) is 0. The van der Waals surface area contributed by atoms with Gasteiger partial charge in [-0.05, 0) is 56.2 Å². The third kappa shape index (κ3) is 2.93. The van der Waals surface area contributed by atoms with Crippen molar-refractivity contribution in [3.63, 3.8) is 0 Å². The number of nitrogens with two attached hydrogens (primary N) is 1. The van der Waals surface area contributed by atoms with Gasteiger partial charge in [-0.15, -0.1) is 0 Å². The van der Waals surface area contributed by atoms with Gasteiger partial charge in [0.1, 0.15) is 17.3 Å². The Bertz CT molecular complexity index is 593. The lowest BCUT2D eigenvalue weighted by Gasteiger charge is -2.16. The molecule has 2 aromatic carbocycles. The van der Waals surface area contributed by atoms with Crippen molar-refractivity contribution in [3.05, 3.63) is 58.9 Å². The molecule has 0 spiro atoms. The molecule has 1 atom stereocenters. The molecule has 2 nitrogen and oxygen atoms in total. The summed E-state index contributed by atoms with van der Waals surface area (Å²) < 4.78 is 19.2. The summed E-state index contributed by atoms with van der Waals surface area (Å²) in [6, 6.07) is 10.0. The second-order valence-electron chi connectivity index (χ2n) is 4.77. The topological polar surface area (TPSA) is 35.2 Å². The zero-order chi connectivity index (χ0) is 14.0. The summed E-state index contributed by atoms with van der Waals surface area (Å²) in [5.41, 5.74) is 8.75. The first-order chi connectivity index (χ1) is 8.99. The lowest BCUT2D eigenvalue weighted by atomic mass is 10.1. The Balaban J connectivity index is 2.41. The monoisotopic (exact) mass is 259 g/mol. The molecule has 100 valence electrons. The largest absolute Gasteiger partial charge is 0.457 e. The minimum atomic E-state index is -0.305. The van der Waals surface area contributed by atoms with Crippen LogP contribution in [0.3, 0.4) is 0 Å². The molecule has 0 fully saturated rings. The summed E-state index contributed by atoms with van der Waals surface area (Å²) in [5, 5.41) is 0. The molecular weight excluding hydrogens is 241 g/mol. The highest BCUT2D eigenvalue weighted by Gasteiger charge is 2.12. The Morgan fingerprint density at radius 2 is 1.84 bits per heavy atom. The van der Waals surface area contributed by atoms with Crippen molar-refractivity contribution >= 4 is 0 Å². The first-order valence-corrected chi connectivity index (χ1v) is 6.28. The van der Waals surface area contributed by atoms with E-state index in [2.05, 4.69) is 0 Å². The fraction of sp³-hybridized carbons (Fsp3) is 0.250. The van der Waals surface area contributed by atoms with E-state index in [1.165, 1.54) is 12.1 Å². The zero-order valence-electron chi connectivity index (χ0n) is 11.4. The molecule has 19 heavy (non-hydrogen) atoms. The van der Waals surface area contributed by atoms with Crippen molar-refractivity contribution in [1.29, 1.82) is 0 Å². The van der Waals surface area contributed by atoms with Crippen molar-refractivity contribution in [2.45, 2.75) is 26.8 Å². The molecule has 0 heterocycles. The molecule has 3 heteroatoms. The van der Waals surface area contributed by atoms with E-state index in [0.29, 0.717) is 11.3 Å². The molecule has 2 rings (SSSR count). The van der Waals surface area contributed by atoms with Gasteiger partial charge in [0.05, 0.1) is 0 Å². The van der Waals surface area contributed by atoms with Gasteiger partial charge >= 0.3 is 0 Å². The molecule has 0 aliphatic heterocycles. The molecule has 2 aromatic rings. The Morgan fingerprint density at radius 1 is 1.11 bits per heavy atom. The van der Waals surface area contributed by atoms with E-state index in [1.807, 2.05) is 39.0 Å². The van der Waals surface area contributed by atoms with Gasteiger partial charge < -0.3 is 10.5 Å². The van der Waals surface area contributed by atoms with Crippen LogP contribution in [0.1, 0.15) is 29.7 Å². The van der Waals surface area contributed by atoms with Crippen molar-refractivity contribution < 1.29 is 9.13 Å². The molecule has 0 aliphatic rings. The van der Waals surface area contributed by atoms with Gasteiger partial charge in [0.2, 0.25) is 0 Å². The predicted molar refractivity (Wildman–Crippen MR) is 75.0 cm³/mol. The van der Waals surface area contributed by atoms with Crippen LogP contribution >= 0.6 is 0 Å². The van der Waals surface area contributed by atoms with Gasteiger partial charge in [0.15, 0.2) is 0 Å². The van der Waals surface area contributed by atoms with Gasteiger partial charge in [-0.1, -0.05) is 12.1 Å². The fourth-order valence-electron chi connectivity index (χ4n) is 1.92. The first kappa shape index (κ1) is 13.6. The van der Waals surface area contributed by atoms with Gasteiger partial charge in [-0.25, -0.2) is 4.39 Å². The van der Waals surface area contributed by atoms with Gasteiger partial charge in [0, 0.05) is 11.6 Å². The van der Waals surface area contributed by atoms with Crippen LogP contribution in [0.25, 0.3) is 0 Å². The fourth-order valence-corrected chi connectivity index (χ4v) is 1.92. The van der Waals surface area contributed by atoms with E-state index in [-0.39, 0.29) is 11.9 Å². The Labute approximate surface area is 113 Å². The van der Waals surface area contributed by atoms with Crippen molar-refractivity contribution in [3.8, 4) is 11.5 Å². The lowest BCUT2D eigenvalue weighted by Crippen LogP contribution is -2.07. The highest BCUT2D eigenvalue weighted by Crippen LogP contribution is 2.32. The molecule has 0 amide bonds. The first-order valence-electron chi connectivity index (χ1n) is 6.28. The minimum Gasteiger partial charge on any atom is -0.457 e. The van der Waals surface area contributed by atoms with Crippen LogP contribution in [-0.2, 0) is 0 Å². The van der Waals surface area contributed by atoms with E-state index in [0.717, 1.165) is 16.9 Å². The second kappa shape index (κ2) is 5.41. The average Bonchev–Trinajstić information content (AvgIpc) is 2.36. The molecule has 0 radical (unpaired) electrons. The van der Waals surface area contributed by atoms with E-state index < -0.39 is 0 Å². The molecule has 0 aliphatic carbocycles. The summed E-state index contributed by atoms with van der Waals surface area (Å²) >= 11 is 0. The third-order valence-corrected chi connectivity index (χ3v) is 3.24. The number of benzene rings is 2. The third-order valence-electron chi connectivity index (χ3n) is 3.24. The predicted octanol–water partition coefficient (Wildman–Crippen LogP) is 4.25. The lowest BCUT2D eigenvalue weighted by molar-refractivity contribution is 0.465. The quantitative estimate of drug-likeness (QED) is 0.894.